The number of guanidine groups is 1. The Balaban J connectivity index is 1.65. The van der Waals surface area contributed by atoms with Gasteiger partial charge in [0.1, 0.15) is 0 Å². The first-order valence-electron chi connectivity index (χ1n) is 8.43. The third-order valence-electron chi connectivity index (χ3n) is 3.92. The van der Waals surface area contributed by atoms with E-state index >= 15 is 0 Å². The van der Waals surface area contributed by atoms with Gasteiger partial charge in [0.2, 0.25) is 0 Å². The van der Waals surface area contributed by atoms with E-state index in [1.165, 1.54) is 0 Å². The van der Waals surface area contributed by atoms with Crippen LogP contribution in [0, 0.1) is 0 Å². The minimum absolute atomic E-state index is 0.455. The average Bonchev–Trinajstić information content (AvgIpc) is 2.96. The lowest BCUT2D eigenvalue weighted by molar-refractivity contribution is 0.297. The molecule has 1 aromatic rings. The van der Waals surface area contributed by atoms with Gasteiger partial charge in [-0.3, -0.25) is 0 Å². The van der Waals surface area contributed by atoms with E-state index < -0.39 is 0 Å². The lowest BCUT2D eigenvalue weighted by atomic mass is 10.2. The van der Waals surface area contributed by atoms with Crippen LogP contribution < -0.4 is 20.1 Å². The molecule has 0 fully saturated rings. The molecule has 0 saturated heterocycles. The number of fused-ring (bicyclic) bond motifs is 1. The van der Waals surface area contributed by atoms with Crippen LogP contribution in [-0.2, 0) is 6.54 Å². The summed E-state index contributed by atoms with van der Waals surface area (Å²) in [4.78, 5) is 4.69. The van der Waals surface area contributed by atoms with Crippen LogP contribution in [0.2, 0.25) is 0 Å². The number of aliphatic imine (C=N–C) groups is 1. The molecule has 0 spiro atoms. The van der Waals surface area contributed by atoms with Crippen molar-refractivity contribution in [3.8, 4) is 11.5 Å². The zero-order chi connectivity index (χ0) is 15.9. The Morgan fingerprint density at radius 1 is 1.17 bits per heavy atom. The van der Waals surface area contributed by atoms with Gasteiger partial charge in [-0.05, 0) is 37.5 Å². The third kappa shape index (κ3) is 4.41. The summed E-state index contributed by atoms with van der Waals surface area (Å²) in [5, 5.41) is 6.79. The molecule has 0 radical (unpaired) electrons. The van der Waals surface area contributed by atoms with Crippen LogP contribution in [0.4, 0.5) is 0 Å². The van der Waals surface area contributed by atoms with E-state index in [1.807, 2.05) is 12.1 Å². The Bertz CT molecular complexity index is 576. The van der Waals surface area contributed by atoms with E-state index in [-0.39, 0.29) is 0 Å². The van der Waals surface area contributed by atoms with Crippen molar-refractivity contribution in [1.82, 2.24) is 10.6 Å². The summed E-state index contributed by atoms with van der Waals surface area (Å²) in [6.07, 6.45) is 7.48. The van der Waals surface area contributed by atoms with Crippen molar-refractivity contribution < 1.29 is 9.47 Å². The maximum Gasteiger partial charge on any atom is 0.191 e. The van der Waals surface area contributed by atoms with Crippen LogP contribution in [0.25, 0.3) is 0 Å². The molecule has 1 heterocycles. The maximum atomic E-state index is 5.74. The first kappa shape index (κ1) is 15.7. The van der Waals surface area contributed by atoms with Crippen LogP contribution in [0.1, 0.15) is 31.7 Å². The minimum Gasteiger partial charge on any atom is -0.490 e. The highest BCUT2D eigenvalue weighted by Crippen LogP contribution is 2.30. The zero-order valence-electron chi connectivity index (χ0n) is 13.7. The number of hydrogen-bond acceptors (Lipinski definition) is 3. The minimum atomic E-state index is 0.455. The molecular weight excluding hydrogens is 290 g/mol. The molecule has 2 N–H and O–H groups in total. The molecule has 3 rings (SSSR count). The Labute approximate surface area is 137 Å². The quantitative estimate of drug-likeness (QED) is 0.509. The van der Waals surface area contributed by atoms with Crippen molar-refractivity contribution in [2.45, 2.75) is 38.8 Å². The molecule has 124 valence electrons. The fourth-order valence-corrected chi connectivity index (χ4v) is 2.72. The highest BCUT2D eigenvalue weighted by atomic mass is 16.5. The molecule has 0 atom stereocenters. The number of benzene rings is 1. The average molecular weight is 315 g/mol. The second kappa shape index (κ2) is 7.90. The Hall–Kier alpha value is -2.17. The molecule has 1 aliphatic carbocycles. The summed E-state index contributed by atoms with van der Waals surface area (Å²) in [7, 11) is 0. The van der Waals surface area contributed by atoms with Crippen molar-refractivity contribution in [1.29, 1.82) is 0 Å². The van der Waals surface area contributed by atoms with Gasteiger partial charge in [-0.25, -0.2) is 4.99 Å². The molecule has 23 heavy (non-hydrogen) atoms. The fraction of sp³-hybridized carbons (Fsp3) is 0.500. The first-order valence-corrected chi connectivity index (χ1v) is 8.43. The van der Waals surface area contributed by atoms with Gasteiger partial charge in [-0.15, -0.1) is 0 Å². The molecular formula is C18H25N3O2. The van der Waals surface area contributed by atoms with Crippen molar-refractivity contribution in [2.75, 3.05) is 19.8 Å². The van der Waals surface area contributed by atoms with Gasteiger partial charge in [0, 0.05) is 19.0 Å². The third-order valence-corrected chi connectivity index (χ3v) is 3.92. The molecule has 0 saturated carbocycles. The number of nitrogens with zero attached hydrogens (tertiary/aromatic N) is 1. The van der Waals surface area contributed by atoms with E-state index in [1.54, 1.807) is 0 Å². The Morgan fingerprint density at radius 3 is 2.74 bits per heavy atom. The monoisotopic (exact) mass is 315 g/mol. The molecule has 5 nitrogen and oxygen atoms in total. The predicted molar refractivity (Wildman–Crippen MR) is 92.2 cm³/mol. The van der Waals surface area contributed by atoms with E-state index in [0.29, 0.717) is 25.8 Å². The molecule has 0 aromatic heterocycles. The van der Waals surface area contributed by atoms with Gasteiger partial charge in [0.15, 0.2) is 17.5 Å². The topological polar surface area (TPSA) is 54.9 Å². The summed E-state index contributed by atoms with van der Waals surface area (Å²) in [6.45, 7) is 4.98. The molecule has 1 aliphatic heterocycles. The number of rotatable bonds is 4. The van der Waals surface area contributed by atoms with Gasteiger partial charge in [0.05, 0.1) is 19.8 Å². The van der Waals surface area contributed by atoms with Gasteiger partial charge < -0.3 is 20.1 Å². The second-order valence-electron chi connectivity index (χ2n) is 5.81. The van der Waals surface area contributed by atoms with Gasteiger partial charge in [-0.1, -0.05) is 18.2 Å². The smallest absolute Gasteiger partial charge is 0.191 e. The molecule has 0 amide bonds. The maximum absolute atomic E-state index is 5.74. The molecule has 0 unspecified atom stereocenters. The number of nitrogens with one attached hydrogen (secondary N) is 2. The van der Waals surface area contributed by atoms with E-state index in [9.17, 15) is 0 Å². The second-order valence-corrected chi connectivity index (χ2v) is 5.81. The molecule has 1 aromatic carbocycles. The Morgan fingerprint density at radius 2 is 1.96 bits per heavy atom. The fourth-order valence-electron chi connectivity index (χ4n) is 2.72. The lowest BCUT2D eigenvalue weighted by Gasteiger charge is -2.16. The SMILES string of the molecule is CCNC(=NCc1ccc2c(c1)OCCCO2)NC1CC=CC1. The van der Waals surface area contributed by atoms with Crippen LogP contribution in [-0.4, -0.2) is 31.8 Å². The highest BCUT2D eigenvalue weighted by molar-refractivity contribution is 5.80. The summed E-state index contributed by atoms with van der Waals surface area (Å²) in [5.74, 6) is 2.53. The van der Waals surface area contributed by atoms with Gasteiger partial charge in [-0.2, -0.15) is 0 Å². The van der Waals surface area contributed by atoms with Crippen molar-refractivity contribution >= 4 is 5.96 Å². The van der Waals surface area contributed by atoms with Gasteiger partial charge >= 0.3 is 0 Å². The predicted octanol–water partition coefficient (Wildman–Crippen LogP) is 2.62. The van der Waals surface area contributed by atoms with Crippen molar-refractivity contribution in [3.63, 3.8) is 0 Å². The standard InChI is InChI=1S/C18H25N3O2/c1-2-19-18(21-15-6-3-4-7-15)20-13-14-8-9-16-17(12-14)23-11-5-10-22-16/h3-4,8-9,12,15H,2,5-7,10-11,13H2,1H3,(H2,19,20,21). The van der Waals surface area contributed by atoms with Gasteiger partial charge in [0.25, 0.3) is 0 Å². The zero-order valence-corrected chi connectivity index (χ0v) is 13.7. The summed E-state index contributed by atoms with van der Waals surface area (Å²) >= 11 is 0. The van der Waals surface area contributed by atoms with Crippen molar-refractivity contribution in [3.05, 3.63) is 35.9 Å². The number of ether oxygens (including phenoxy) is 2. The molecule has 2 aliphatic rings. The highest BCUT2D eigenvalue weighted by Gasteiger charge is 2.12. The first-order chi connectivity index (χ1) is 11.3. The summed E-state index contributed by atoms with van der Waals surface area (Å²) in [6, 6.07) is 6.52. The summed E-state index contributed by atoms with van der Waals surface area (Å²) in [5.41, 5.74) is 1.12. The van der Waals surface area contributed by atoms with Crippen LogP contribution in [0.5, 0.6) is 11.5 Å². The van der Waals surface area contributed by atoms with E-state index in [4.69, 9.17) is 9.47 Å². The molecule has 0 bridgehead atoms. The normalized spacial score (nSPS) is 17.9. The summed E-state index contributed by atoms with van der Waals surface area (Å²) < 4.78 is 11.4. The van der Waals surface area contributed by atoms with Crippen LogP contribution >= 0.6 is 0 Å². The van der Waals surface area contributed by atoms with Crippen LogP contribution in [0.3, 0.4) is 0 Å². The lowest BCUT2D eigenvalue weighted by Crippen LogP contribution is -2.42. The Kier molecular flexibility index (Phi) is 5.40. The van der Waals surface area contributed by atoms with Crippen LogP contribution in [0.15, 0.2) is 35.3 Å². The van der Waals surface area contributed by atoms with E-state index in [0.717, 1.165) is 48.8 Å². The largest absolute Gasteiger partial charge is 0.490 e. The van der Waals surface area contributed by atoms with Crippen molar-refractivity contribution in [2.24, 2.45) is 4.99 Å². The number of hydrogen-bond donors (Lipinski definition) is 2. The molecule has 5 heteroatoms. The van der Waals surface area contributed by atoms with E-state index in [2.05, 4.69) is 40.8 Å².